The van der Waals surface area contributed by atoms with Crippen molar-refractivity contribution >= 4 is 29.2 Å². The molecule has 39 heavy (non-hydrogen) atoms. The summed E-state index contributed by atoms with van der Waals surface area (Å²) in [6, 6.07) is 1.95. The lowest BCUT2D eigenvalue weighted by molar-refractivity contribution is -0.369. The van der Waals surface area contributed by atoms with E-state index in [9.17, 15) is 9.90 Å². The van der Waals surface area contributed by atoms with Gasteiger partial charge in [0.15, 0.2) is 11.9 Å². The molecule has 5 heterocycles. The molecule has 1 aliphatic carbocycles. The number of ketones is 1. The maximum atomic E-state index is 13.0. The van der Waals surface area contributed by atoms with Gasteiger partial charge in [-0.05, 0) is 37.1 Å². The van der Waals surface area contributed by atoms with Crippen molar-refractivity contribution in [3.63, 3.8) is 0 Å². The summed E-state index contributed by atoms with van der Waals surface area (Å²) in [6.07, 6.45) is -0.458. The Morgan fingerprint density at radius 3 is 2.62 bits per heavy atom. The van der Waals surface area contributed by atoms with Crippen molar-refractivity contribution in [3.8, 4) is 17.2 Å². The number of carbonyl (C=O) groups is 1. The van der Waals surface area contributed by atoms with Gasteiger partial charge in [0, 0.05) is 36.0 Å². The van der Waals surface area contributed by atoms with Crippen LogP contribution in [-0.4, -0.2) is 80.3 Å². The molecule has 5 aliphatic heterocycles. The molecule has 6 aliphatic rings. The van der Waals surface area contributed by atoms with Gasteiger partial charge in [-0.3, -0.25) is 4.79 Å². The van der Waals surface area contributed by atoms with E-state index in [1.54, 1.807) is 14.2 Å². The van der Waals surface area contributed by atoms with E-state index in [-0.39, 0.29) is 24.1 Å². The molecule has 8 rings (SSSR count). The first kappa shape index (κ1) is 24.7. The van der Waals surface area contributed by atoms with E-state index in [0.717, 1.165) is 11.1 Å². The Hall–Kier alpha value is -2.12. The Balaban J connectivity index is 1.35. The van der Waals surface area contributed by atoms with Crippen LogP contribution in [0.15, 0.2) is 6.07 Å². The van der Waals surface area contributed by atoms with Crippen LogP contribution in [0, 0.1) is 12.8 Å². The summed E-state index contributed by atoms with van der Waals surface area (Å²) in [5.41, 5.74) is 1.43. The second kappa shape index (κ2) is 8.00. The molecule has 2 bridgehead atoms. The number of ether oxygens (including phenoxy) is 8. The van der Waals surface area contributed by atoms with E-state index in [4.69, 9.17) is 37.9 Å². The van der Waals surface area contributed by atoms with E-state index >= 15 is 0 Å². The number of hydrogen-bond donors (Lipinski definition) is 2. The number of methoxy groups -OCH3 is 2. The molecule has 4 saturated heterocycles. The highest BCUT2D eigenvalue weighted by atomic mass is 32.1. The third-order valence-corrected chi connectivity index (χ3v) is 9.84. The number of aromatic hydroxyl groups is 1. The molecule has 2 aromatic carbocycles. The van der Waals surface area contributed by atoms with Gasteiger partial charge in [-0.15, -0.1) is 0 Å². The third kappa shape index (κ3) is 2.73. The summed E-state index contributed by atoms with van der Waals surface area (Å²) in [5, 5.41) is 12.7. The van der Waals surface area contributed by atoms with Crippen LogP contribution in [0.5, 0.6) is 17.2 Å². The SMILES string of the molecule is COc1c2c(c(O)c3c4c(c(C)cc13)[C@@H]1O[C@@]3(C5OCC(CS)CO5)O[C@@H]1[C@@](OC)(O4)[C@@]31CO1)C(=O)CCC2. The molecule has 0 amide bonds. The van der Waals surface area contributed by atoms with Gasteiger partial charge in [0.1, 0.15) is 23.4 Å². The lowest BCUT2D eigenvalue weighted by Gasteiger charge is -2.50. The Kier molecular flexibility index (Phi) is 5.06. The zero-order chi connectivity index (χ0) is 26.9. The number of phenolic OH excluding ortho intramolecular Hbond substituents is 1. The van der Waals surface area contributed by atoms with Gasteiger partial charge in [-0.1, -0.05) is 0 Å². The number of carbonyl (C=O) groups excluding carboxylic acids is 1. The molecule has 4 fully saturated rings. The number of benzene rings is 2. The molecule has 1 spiro atoms. The molecule has 1 N–H and O–H groups in total. The highest BCUT2D eigenvalue weighted by molar-refractivity contribution is 7.80. The highest BCUT2D eigenvalue weighted by Crippen LogP contribution is 2.72. The predicted molar refractivity (Wildman–Crippen MR) is 138 cm³/mol. The van der Waals surface area contributed by atoms with Crippen LogP contribution < -0.4 is 9.47 Å². The molecule has 0 unspecified atom stereocenters. The van der Waals surface area contributed by atoms with Crippen LogP contribution in [0.3, 0.4) is 0 Å². The number of epoxide rings is 1. The van der Waals surface area contributed by atoms with Gasteiger partial charge < -0.3 is 43.0 Å². The van der Waals surface area contributed by atoms with E-state index < -0.39 is 35.7 Å². The zero-order valence-electron chi connectivity index (χ0n) is 21.9. The van der Waals surface area contributed by atoms with E-state index in [1.165, 1.54) is 0 Å². The molecule has 2 aromatic rings. The topological polar surface area (TPSA) is 114 Å². The number of fused-ring (bicyclic) bond motifs is 8. The molecule has 5 atom stereocenters. The minimum Gasteiger partial charge on any atom is -0.506 e. The third-order valence-electron chi connectivity index (χ3n) is 9.32. The van der Waals surface area contributed by atoms with Gasteiger partial charge in [0.05, 0.1) is 37.9 Å². The second-order valence-electron chi connectivity index (χ2n) is 11.3. The lowest BCUT2D eigenvalue weighted by Crippen LogP contribution is -2.70. The van der Waals surface area contributed by atoms with Crippen molar-refractivity contribution in [3.05, 3.63) is 28.3 Å². The standard InChI is InChI=1S/C28H30O10S/c1-12-7-15-19(20(30)18-14(21(15)31-2)5-4-6-16(18)29)22-17(12)23-24-27(32-3,36-22)26(11-35-26)28(37-23,38-24)25-33-8-13(10-39)9-34-25/h7,13,23-25,30,39H,4-6,8-11H2,1-3H3/t13?,23-,24-,25?,26-,27+,28-/m0/s1. The fraction of sp³-hybridized carbons (Fsp3) is 0.607. The average molecular weight is 559 g/mol. The summed E-state index contributed by atoms with van der Waals surface area (Å²) in [6.45, 7) is 3.09. The van der Waals surface area contributed by atoms with Crippen molar-refractivity contribution in [2.24, 2.45) is 5.92 Å². The number of aryl methyl sites for hydroxylation is 1. The van der Waals surface area contributed by atoms with Crippen LogP contribution in [0.4, 0.5) is 0 Å². The van der Waals surface area contributed by atoms with Crippen molar-refractivity contribution in [2.45, 2.75) is 61.9 Å². The zero-order valence-corrected chi connectivity index (χ0v) is 22.8. The second-order valence-corrected chi connectivity index (χ2v) is 11.6. The average Bonchev–Trinajstić information content (AvgIpc) is 3.60. The Morgan fingerprint density at radius 2 is 1.95 bits per heavy atom. The molecule has 0 radical (unpaired) electrons. The minimum absolute atomic E-state index is 0.113. The predicted octanol–water partition coefficient (Wildman–Crippen LogP) is 2.97. The fourth-order valence-electron chi connectivity index (χ4n) is 7.48. The van der Waals surface area contributed by atoms with Gasteiger partial charge >= 0.3 is 0 Å². The van der Waals surface area contributed by atoms with E-state index in [1.807, 2.05) is 13.0 Å². The summed E-state index contributed by atoms with van der Waals surface area (Å²) >= 11 is 4.38. The number of thiol groups is 1. The first-order chi connectivity index (χ1) is 18.9. The monoisotopic (exact) mass is 558 g/mol. The van der Waals surface area contributed by atoms with Gasteiger partial charge in [-0.25, -0.2) is 0 Å². The largest absolute Gasteiger partial charge is 0.506 e. The van der Waals surface area contributed by atoms with Crippen LogP contribution >= 0.6 is 12.6 Å². The minimum atomic E-state index is -1.41. The smallest absolute Gasteiger partial charge is 0.277 e. The van der Waals surface area contributed by atoms with Crippen molar-refractivity contribution in [2.75, 3.05) is 39.8 Å². The summed E-state index contributed by atoms with van der Waals surface area (Å²) < 4.78 is 50.6. The lowest BCUT2D eigenvalue weighted by atomic mass is 9.78. The number of phenols is 1. The molecular weight excluding hydrogens is 528 g/mol. The molecule has 208 valence electrons. The van der Waals surface area contributed by atoms with Crippen molar-refractivity contribution in [1.29, 1.82) is 0 Å². The van der Waals surface area contributed by atoms with Gasteiger partial charge in [-0.2, -0.15) is 12.6 Å². The van der Waals surface area contributed by atoms with Crippen LogP contribution in [0.25, 0.3) is 10.8 Å². The highest BCUT2D eigenvalue weighted by Gasteiger charge is 2.93. The molecule has 0 aromatic heterocycles. The van der Waals surface area contributed by atoms with E-state index in [2.05, 4.69) is 12.6 Å². The van der Waals surface area contributed by atoms with Crippen LogP contribution in [0.1, 0.15) is 46.0 Å². The summed E-state index contributed by atoms with van der Waals surface area (Å²) in [4.78, 5) is 13.0. The first-order valence-corrected chi connectivity index (χ1v) is 14.0. The number of hydrogen-bond acceptors (Lipinski definition) is 11. The van der Waals surface area contributed by atoms with Crippen LogP contribution in [0.2, 0.25) is 0 Å². The Labute approximate surface area is 230 Å². The van der Waals surface area contributed by atoms with E-state index in [0.29, 0.717) is 71.6 Å². The van der Waals surface area contributed by atoms with Crippen LogP contribution in [-0.2, 0) is 34.8 Å². The Bertz CT molecular complexity index is 1430. The normalized spacial score (nSPS) is 39.5. The molecule has 10 nitrogen and oxygen atoms in total. The maximum Gasteiger partial charge on any atom is 0.277 e. The van der Waals surface area contributed by atoms with Gasteiger partial charge in [0.2, 0.25) is 11.9 Å². The Morgan fingerprint density at radius 1 is 1.18 bits per heavy atom. The quantitative estimate of drug-likeness (QED) is 0.429. The molecule has 11 heteroatoms. The molecule has 0 saturated carbocycles. The first-order valence-electron chi connectivity index (χ1n) is 13.4. The summed E-state index contributed by atoms with van der Waals surface area (Å²) in [7, 11) is 3.13. The van der Waals surface area contributed by atoms with Crippen molar-refractivity contribution in [1.82, 2.24) is 0 Å². The molecular formula is C28H30O10S. The van der Waals surface area contributed by atoms with Crippen molar-refractivity contribution < 1.29 is 47.8 Å². The fourth-order valence-corrected chi connectivity index (χ4v) is 7.69. The number of Topliss-reactive ketones (excluding diaryl/α,β-unsaturated/α-hetero) is 1. The van der Waals surface area contributed by atoms with Gasteiger partial charge in [0.25, 0.3) is 11.6 Å². The summed E-state index contributed by atoms with van der Waals surface area (Å²) in [5.74, 6) is -1.31. The number of rotatable bonds is 4. The maximum absolute atomic E-state index is 13.0.